The fourth-order valence-electron chi connectivity index (χ4n) is 7.94. The summed E-state index contributed by atoms with van der Waals surface area (Å²) in [5.74, 6) is 0. The molecule has 224 valence electrons. The van der Waals surface area contributed by atoms with Crippen LogP contribution in [-0.4, -0.2) is 6.15 Å². The van der Waals surface area contributed by atoms with Crippen molar-refractivity contribution in [3.8, 4) is 0 Å². The van der Waals surface area contributed by atoms with Crippen LogP contribution in [0.2, 0.25) is 6.82 Å². The van der Waals surface area contributed by atoms with Gasteiger partial charge in [-0.3, -0.25) is 0 Å². The molecule has 0 amide bonds. The van der Waals surface area contributed by atoms with Gasteiger partial charge in [-0.1, -0.05) is 188 Å². The lowest BCUT2D eigenvalue weighted by molar-refractivity contribution is 0.596. The molecule has 0 atom stereocenters. The average molecular weight is 576 g/mol. The number of rotatable bonds is 3. The smallest absolute Gasteiger partial charge is 0.0810 e. The molecule has 0 saturated carbocycles. The van der Waals surface area contributed by atoms with Gasteiger partial charge in [0.2, 0.25) is 0 Å². The third-order valence-corrected chi connectivity index (χ3v) is 10.2. The van der Waals surface area contributed by atoms with Crippen molar-refractivity contribution in [2.45, 2.75) is 85.4 Å². The van der Waals surface area contributed by atoms with Gasteiger partial charge in [0.1, 0.15) is 0 Å². The molecule has 0 aliphatic rings. The molecule has 0 N–H and O–H groups in total. The molecule has 0 aromatic heterocycles. The molecule has 0 heterocycles. The van der Waals surface area contributed by atoms with Gasteiger partial charge < -0.3 is 0 Å². The molecule has 0 saturated heterocycles. The summed E-state index contributed by atoms with van der Waals surface area (Å²) in [6, 6.07) is 41.9. The van der Waals surface area contributed by atoms with E-state index in [4.69, 9.17) is 0 Å². The second-order valence-electron chi connectivity index (χ2n) is 16.3. The van der Waals surface area contributed by atoms with Gasteiger partial charge in [-0.15, -0.1) is 0 Å². The quantitative estimate of drug-likeness (QED) is 0.184. The molecule has 0 bridgehead atoms. The highest BCUT2D eigenvalue weighted by atomic mass is 14.3. The van der Waals surface area contributed by atoms with Gasteiger partial charge in [0.15, 0.2) is 0 Å². The molecule has 6 aromatic carbocycles. The standard InChI is InChI=1S/C43H48B/c1-41(2,3)35-23-26-38(32-20-14-11-17-29(32)35)44(10,39-27-24-36(42(4,5)6)30-18-12-15-21-33(30)39)40-28-25-37(43(7,8)9)31-19-13-16-22-34(31)40/h11-28H,1-10H3/q-1. The summed E-state index contributed by atoms with van der Waals surface area (Å²) < 4.78 is 0. The summed E-state index contributed by atoms with van der Waals surface area (Å²) in [6.45, 7) is 23.5. The highest BCUT2D eigenvalue weighted by Gasteiger charge is 2.32. The first kappa shape index (κ1) is 30.2. The van der Waals surface area contributed by atoms with Crippen molar-refractivity contribution in [3.63, 3.8) is 0 Å². The van der Waals surface area contributed by atoms with Crippen LogP contribution in [0.1, 0.15) is 79.0 Å². The van der Waals surface area contributed by atoms with E-state index < -0.39 is 6.15 Å². The lowest BCUT2D eigenvalue weighted by atomic mass is 9.16. The second kappa shape index (κ2) is 10.4. The van der Waals surface area contributed by atoms with Crippen molar-refractivity contribution in [1.29, 1.82) is 0 Å². The van der Waals surface area contributed by atoms with Gasteiger partial charge in [-0.05, 0) is 49.1 Å². The van der Waals surface area contributed by atoms with E-state index in [9.17, 15) is 0 Å². The first-order chi connectivity index (χ1) is 20.6. The highest BCUT2D eigenvalue weighted by Crippen LogP contribution is 2.35. The molecule has 0 aliphatic heterocycles. The van der Waals surface area contributed by atoms with Crippen molar-refractivity contribution in [3.05, 3.63) is 126 Å². The molecule has 44 heavy (non-hydrogen) atoms. The Morgan fingerprint density at radius 2 is 0.545 bits per heavy atom. The van der Waals surface area contributed by atoms with E-state index in [2.05, 4.69) is 178 Å². The SMILES string of the molecule is C[B-](c1ccc(C(C)(C)C)c2ccccc12)(c1ccc(C(C)(C)C)c2ccccc12)c1ccc(C(C)(C)C)c2ccccc12. The molecule has 6 aromatic rings. The molecule has 1 heteroatoms. The maximum atomic E-state index is 2.54. The summed E-state index contributed by atoms with van der Waals surface area (Å²) in [6.07, 6.45) is -1.41. The van der Waals surface area contributed by atoms with E-state index in [0.29, 0.717) is 0 Å². The Bertz CT molecular complexity index is 1790. The molecular formula is C43H48B-. The van der Waals surface area contributed by atoms with Gasteiger partial charge in [0.25, 0.3) is 0 Å². The van der Waals surface area contributed by atoms with E-state index in [-0.39, 0.29) is 16.2 Å². The van der Waals surface area contributed by atoms with Crippen LogP contribution < -0.4 is 16.4 Å². The van der Waals surface area contributed by atoms with Crippen LogP contribution >= 0.6 is 0 Å². The second-order valence-corrected chi connectivity index (χ2v) is 16.3. The zero-order valence-corrected chi connectivity index (χ0v) is 28.5. The van der Waals surface area contributed by atoms with Crippen LogP contribution in [-0.2, 0) is 16.2 Å². The summed E-state index contributed by atoms with van der Waals surface area (Å²) in [5.41, 5.74) is 8.57. The Hall–Kier alpha value is -3.84. The van der Waals surface area contributed by atoms with Crippen molar-refractivity contribution in [1.82, 2.24) is 0 Å². The van der Waals surface area contributed by atoms with E-state index in [1.165, 1.54) is 65.4 Å². The summed E-state index contributed by atoms with van der Waals surface area (Å²) in [5, 5.41) is 8.15. The molecule has 6 rings (SSSR count). The van der Waals surface area contributed by atoms with Gasteiger partial charge in [0.05, 0.1) is 6.15 Å². The Kier molecular flexibility index (Phi) is 7.12. The number of benzene rings is 6. The van der Waals surface area contributed by atoms with Crippen LogP contribution in [0.3, 0.4) is 0 Å². The summed E-state index contributed by atoms with van der Waals surface area (Å²) in [7, 11) is 0. The normalized spacial score (nSPS) is 13.2. The topological polar surface area (TPSA) is 0 Å². The molecular weight excluding hydrogens is 527 g/mol. The van der Waals surface area contributed by atoms with E-state index in [1.54, 1.807) is 0 Å². The zero-order chi connectivity index (χ0) is 31.7. The fraction of sp³-hybridized carbons (Fsp3) is 0.302. The van der Waals surface area contributed by atoms with Gasteiger partial charge >= 0.3 is 0 Å². The predicted octanol–water partition coefficient (Wildman–Crippen LogP) is 10.1. The van der Waals surface area contributed by atoms with Crippen molar-refractivity contribution in [2.24, 2.45) is 0 Å². The van der Waals surface area contributed by atoms with Crippen molar-refractivity contribution < 1.29 is 0 Å². The minimum Gasteiger partial charge on any atom is -0.192 e. The lowest BCUT2D eigenvalue weighted by Crippen LogP contribution is -2.65. The number of fused-ring (bicyclic) bond motifs is 3. The third kappa shape index (κ3) is 4.86. The van der Waals surface area contributed by atoms with Crippen LogP contribution in [0.5, 0.6) is 0 Å². The maximum absolute atomic E-state index is 2.54. The Morgan fingerprint density at radius 3 is 0.773 bits per heavy atom. The zero-order valence-electron chi connectivity index (χ0n) is 28.5. The minimum absolute atomic E-state index is 0.0453. The minimum atomic E-state index is -1.41. The summed E-state index contributed by atoms with van der Waals surface area (Å²) in [4.78, 5) is 0. The van der Waals surface area contributed by atoms with Crippen molar-refractivity contribution >= 4 is 54.9 Å². The highest BCUT2D eigenvalue weighted by molar-refractivity contribution is 7.13. The van der Waals surface area contributed by atoms with Gasteiger partial charge in [-0.25, -0.2) is 0 Å². The Morgan fingerprint density at radius 1 is 0.318 bits per heavy atom. The molecule has 0 nitrogen and oxygen atoms in total. The van der Waals surface area contributed by atoms with Crippen molar-refractivity contribution in [2.75, 3.05) is 0 Å². The van der Waals surface area contributed by atoms with E-state index >= 15 is 0 Å². The number of hydrogen-bond acceptors (Lipinski definition) is 0. The van der Waals surface area contributed by atoms with Crippen LogP contribution in [0, 0.1) is 0 Å². The molecule has 0 fully saturated rings. The molecule has 0 spiro atoms. The molecule has 0 unspecified atom stereocenters. The van der Waals surface area contributed by atoms with Gasteiger partial charge in [-0.2, -0.15) is 23.2 Å². The lowest BCUT2D eigenvalue weighted by Gasteiger charge is -2.43. The first-order valence-electron chi connectivity index (χ1n) is 16.4. The van der Waals surface area contributed by atoms with Crippen LogP contribution in [0.15, 0.2) is 109 Å². The third-order valence-electron chi connectivity index (χ3n) is 10.2. The molecule has 0 radical (unpaired) electrons. The van der Waals surface area contributed by atoms with E-state index in [1.807, 2.05) is 0 Å². The summed E-state index contributed by atoms with van der Waals surface area (Å²) >= 11 is 0. The fourth-order valence-corrected chi connectivity index (χ4v) is 7.94. The average Bonchev–Trinajstić information content (AvgIpc) is 2.97. The largest absolute Gasteiger partial charge is 0.192 e. The Labute approximate surface area is 265 Å². The predicted molar refractivity (Wildman–Crippen MR) is 198 cm³/mol. The first-order valence-corrected chi connectivity index (χ1v) is 16.4. The van der Waals surface area contributed by atoms with Crippen LogP contribution in [0.4, 0.5) is 0 Å². The molecule has 0 aliphatic carbocycles. The van der Waals surface area contributed by atoms with Crippen LogP contribution in [0.25, 0.3) is 32.3 Å². The van der Waals surface area contributed by atoms with Gasteiger partial charge in [0, 0.05) is 0 Å². The number of hydrogen-bond donors (Lipinski definition) is 0. The Balaban J connectivity index is 1.81. The van der Waals surface area contributed by atoms with E-state index in [0.717, 1.165) is 0 Å². The maximum Gasteiger partial charge on any atom is 0.0810 e. The monoisotopic (exact) mass is 575 g/mol.